The lowest BCUT2D eigenvalue weighted by Crippen LogP contribution is -2.31. The van der Waals surface area contributed by atoms with Gasteiger partial charge in [0.2, 0.25) is 0 Å². The molecule has 156 valence electrons. The maximum Gasteiger partial charge on any atom is 0.343 e. The summed E-state index contributed by atoms with van der Waals surface area (Å²) in [4.78, 5) is 12.7. The Labute approximate surface area is 185 Å². The number of carbonyl (C=O) groups excluding carboxylic acids is 1. The number of ether oxygens (including phenoxy) is 1. The van der Waals surface area contributed by atoms with Gasteiger partial charge in [-0.15, -0.1) is 0 Å². The number of anilines is 1. The summed E-state index contributed by atoms with van der Waals surface area (Å²) in [7, 11) is -3.90. The van der Waals surface area contributed by atoms with Crippen LogP contribution in [0.2, 0.25) is 10.0 Å². The van der Waals surface area contributed by atoms with Crippen LogP contribution in [0.1, 0.15) is 22.8 Å². The minimum atomic E-state index is -3.90. The summed E-state index contributed by atoms with van der Waals surface area (Å²) >= 11 is 12.0. The Morgan fingerprint density at radius 1 is 1.00 bits per heavy atom. The fourth-order valence-electron chi connectivity index (χ4n) is 2.92. The van der Waals surface area contributed by atoms with Crippen molar-refractivity contribution in [3.05, 3.63) is 87.9 Å². The Hall–Kier alpha value is -2.54. The van der Waals surface area contributed by atoms with Crippen molar-refractivity contribution in [3.8, 4) is 5.75 Å². The predicted octanol–water partition coefficient (Wildman–Crippen LogP) is 5.74. The molecule has 0 bridgehead atoms. The number of benzene rings is 3. The zero-order valence-corrected chi connectivity index (χ0v) is 18.6. The number of sulfonamides is 1. The third-order valence-electron chi connectivity index (χ3n) is 4.42. The van der Waals surface area contributed by atoms with Crippen molar-refractivity contribution in [1.29, 1.82) is 0 Å². The van der Waals surface area contributed by atoms with Gasteiger partial charge in [0.1, 0.15) is 0 Å². The van der Waals surface area contributed by atoms with Crippen LogP contribution >= 0.6 is 23.2 Å². The topological polar surface area (TPSA) is 63.7 Å². The van der Waals surface area contributed by atoms with E-state index in [1.165, 1.54) is 28.6 Å². The number of aryl methyl sites for hydroxylation is 1. The highest BCUT2D eigenvalue weighted by Gasteiger charge is 2.26. The van der Waals surface area contributed by atoms with Gasteiger partial charge >= 0.3 is 5.97 Å². The van der Waals surface area contributed by atoms with Gasteiger partial charge < -0.3 is 4.74 Å². The van der Waals surface area contributed by atoms with E-state index in [0.29, 0.717) is 16.3 Å². The first kappa shape index (κ1) is 22.2. The normalized spacial score (nSPS) is 11.2. The van der Waals surface area contributed by atoms with Crippen LogP contribution in [-0.4, -0.2) is 20.9 Å². The molecule has 3 rings (SSSR count). The number of carbonyl (C=O) groups is 1. The summed E-state index contributed by atoms with van der Waals surface area (Å²) in [6.45, 7) is 3.66. The second-order valence-corrected chi connectivity index (χ2v) is 9.12. The largest absolute Gasteiger partial charge is 0.421 e. The zero-order valence-electron chi connectivity index (χ0n) is 16.3. The molecule has 0 amide bonds. The number of hydrogen-bond donors (Lipinski definition) is 0. The monoisotopic (exact) mass is 463 g/mol. The van der Waals surface area contributed by atoms with Crippen molar-refractivity contribution in [2.45, 2.75) is 18.7 Å². The van der Waals surface area contributed by atoms with Crippen LogP contribution in [0, 0.1) is 6.92 Å². The van der Waals surface area contributed by atoms with E-state index in [2.05, 4.69) is 0 Å². The van der Waals surface area contributed by atoms with Crippen LogP contribution in [-0.2, 0) is 10.0 Å². The molecule has 8 heteroatoms. The molecule has 0 aliphatic heterocycles. The molecule has 0 aromatic heterocycles. The van der Waals surface area contributed by atoms with E-state index >= 15 is 0 Å². The van der Waals surface area contributed by atoms with Crippen molar-refractivity contribution in [1.82, 2.24) is 0 Å². The summed E-state index contributed by atoms with van der Waals surface area (Å²) in [6.07, 6.45) is 0. The van der Waals surface area contributed by atoms with Crippen molar-refractivity contribution < 1.29 is 17.9 Å². The quantitative estimate of drug-likeness (QED) is 0.345. The number of rotatable bonds is 6. The van der Waals surface area contributed by atoms with Gasteiger partial charge in [0.05, 0.1) is 21.2 Å². The molecule has 5 nitrogen and oxygen atoms in total. The summed E-state index contributed by atoms with van der Waals surface area (Å²) in [6, 6.07) is 17.7. The second-order valence-electron chi connectivity index (χ2n) is 6.45. The minimum absolute atomic E-state index is 0.0276. The number of halogens is 2. The highest BCUT2D eigenvalue weighted by Crippen LogP contribution is 2.30. The third-order valence-corrected chi connectivity index (χ3v) is 7.01. The summed E-state index contributed by atoms with van der Waals surface area (Å²) in [5, 5.41) is 0.574. The maximum atomic E-state index is 13.4. The van der Waals surface area contributed by atoms with Crippen molar-refractivity contribution in [3.63, 3.8) is 0 Å². The molecular formula is C22H19Cl2NO4S. The van der Waals surface area contributed by atoms with Gasteiger partial charge in [0.25, 0.3) is 10.0 Å². The van der Waals surface area contributed by atoms with Crippen LogP contribution < -0.4 is 9.04 Å². The SMILES string of the molecule is CCN(c1ccccc1)S(=O)(=O)c1cc(C(=O)Oc2cc(Cl)ccc2Cl)ccc1C. The highest BCUT2D eigenvalue weighted by atomic mass is 35.5. The Balaban J connectivity index is 1.98. The maximum absolute atomic E-state index is 13.4. The minimum Gasteiger partial charge on any atom is -0.421 e. The van der Waals surface area contributed by atoms with Gasteiger partial charge in [-0.1, -0.05) is 47.5 Å². The predicted molar refractivity (Wildman–Crippen MR) is 119 cm³/mol. The Kier molecular flexibility index (Phi) is 6.71. The van der Waals surface area contributed by atoms with Gasteiger partial charge in [-0.2, -0.15) is 0 Å². The van der Waals surface area contributed by atoms with E-state index in [0.717, 1.165) is 0 Å². The fourth-order valence-corrected chi connectivity index (χ4v) is 4.97. The van der Waals surface area contributed by atoms with E-state index in [1.807, 2.05) is 6.07 Å². The Bertz CT molecular complexity index is 1180. The fraction of sp³-hybridized carbons (Fsp3) is 0.136. The van der Waals surface area contributed by atoms with Gasteiger partial charge in [-0.25, -0.2) is 13.2 Å². The molecule has 0 N–H and O–H groups in total. The molecule has 0 atom stereocenters. The van der Waals surface area contributed by atoms with Gasteiger partial charge in [0, 0.05) is 17.6 Å². The standard InChI is InChI=1S/C22H19Cl2NO4S/c1-3-25(18-7-5-4-6-8-18)30(27,28)21-13-16(10-9-15(21)2)22(26)29-20-14-17(23)11-12-19(20)24/h4-14H,3H2,1-2H3. The first-order chi connectivity index (χ1) is 14.2. The molecule has 0 heterocycles. The molecule has 0 saturated carbocycles. The molecule has 0 saturated heterocycles. The van der Waals surface area contributed by atoms with Gasteiger partial charge in [-0.05, 0) is 55.8 Å². The lowest BCUT2D eigenvalue weighted by Gasteiger charge is -2.24. The molecule has 0 aliphatic carbocycles. The first-order valence-electron chi connectivity index (χ1n) is 9.09. The second kappa shape index (κ2) is 9.08. The van der Waals surface area contributed by atoms with E-state index in [1.54, 1.807) is 50.2 Å². The van der Waals surface area contributed by atoms with Crippen molar-refractivity contribution in [2.24, 2.45) is 0 Å². The van der Waals surface area contributed by atoms with E-state index in [4.69, 9.17) is 27.9 Å². The number of para-hydroxylation sites is 1. The number of hydrogen-bond acceptors (Lipinski definition) is 4. The molecule has 30 heavy (non-hydrogen) atoms. The van der Waals surface area contributed by atoms with Gasteiger partial charge in [-0.3, -0.25) is 4.31 Å². The van der Waals surface area contributed by atoms with E-state index in [9.17, 15) is 13.2 Å². The van der Waals surface area contributed by atoms with Gasteiger partial charge in [0.15, 0.2) is 5.75 Å². The summed E-state index contributed by atoms with van der Waals surface area (Å²) in [5.41, 5.74) is 1.14. The van der Waals surface area contributed by atoms with Crippen LogP contribution in [0.25, 0.3) is 0 Å². The molecule has 0 radical (unpaired) electrons. The van der Waals surface area contributed by atoms with Crippen molar-refractivity contribution >= 4 is 44.9 Å². The molecule has 0 spiro atoms. The summed E-state index contributed by atoms with van der Waals surface area (Å²) in [5.74, 6) is -0.642. The molecule has 0 aliphatic rings. The van der Waals surface area contributed by atoms with Crippen LogP contribution in [0.15, 0.2) is 71.6 Å². The lowest BCUT2D eigenvalue weighted by molar-refractivity contribution is 0.0734. The number of nitrogens with zero attached hydrogens (tertiary/aromatic N) is 1. The Morgan fingerprint density at radius 3 is 2.37 bits per heavy atom. The molecule has 0 fully saturated rings. The third kappa shape index (κ3) is 4.61. The van der Waals surface area contributed by atoms with E-state index in [-0.39, 0.29) is 27.8 Å². The number of esters is 1. The van der Waals surface area contributed by atoms with Crippen LogP contribution in [0.3, 0.4) is 0 Å². The van der Waals surface area contributed by atoms with Crippen LogP contribution in [0.4, 0.5) is 5.69 Å². The molecule has 3 aromatic carbocycles. The molecule has 3 aromatic rings. The smallest absolute Gasteiger partial charge is 0.343 e. The Morgan fingerprint density at radius 2 is 1.70 bits per heavy atom. The van der Waals surface area contributed by atoms with Crippen LogP contribution in [0.5, 0.6) is 5.75 Å². The zero-order chi connectivity index (χ0) is 21.9. The molecule has 0 unspecified atom stereocenters. The average molecular weight is 464 g/mol. The highest BCUT2D eigenvalue weighted by molar-refractivity contribution is 7.92. The lowest BCUT2D eigenvalue weighted by atomic mass is 10.1. The summed E-state index contributed by atoms with van der Waals surface area (Å²) < 4.78 is 33.3. The first-order valence-corrected chi connectivity index (χ1v) is 11.3. The average Bonchev–Trinajstić information content (AvgIpc) is 2.72. The van der Waals surface area contributed by atoms with E-state index < -0.39 is 16.0 Å². The molecular weight excluding hydrogens is 445 g/mol. The van der Waals surface area contributed by atoms with Crippen molar-refractivity contribution in [2.75, 3.05) is 10.8 Å².